The molecule has 0 heterocycles. The molecule has 0 radical (unpaired) electrons. The quantitative estimate of drug-likeness (QED) is 0.541. The number of hydroxylamine groups is 2. The highest BCUT2D eigenvalue weighted by Gasteiger charge is 2.26. The van der Waals surface area contributed by atoms with E-state index in [1.165, 1.54) is 0 Å². The Morgan fingerprint density at radius 2 is 1.67 bits per heavy atom. The van der Waals surface area contributed by atoms with Gasteiger partial charge in [-0.05, 0) is 13.8 Å². The van der Waals surface area contributed by atoms with Gasteiger partial charge in [0.15, 0.2) is 0 Å². The van der Waals surface area contributed by atoms with Crippen LogP contribution in [0, 0.1) is 11.1 Å². The molecule has 1 N–H and O–H groups in total. The lowest BCUT2D eigenvalue weighted by molar-refractivity contribution is -0.885. The van der Waals surface area contributed by atoms with Crippen molar-refractivity contribution in [2.24, 2.45) is 5.92 Å². The predicted octanol–water partition coefficient (Wildman–Crippen LogP) is 0.434. The molecule has 0 bridgehead atoms. The summed E-state index contributed by atoms with van der Waals surface area (Å²) in [5.41, 5.74) is -0.139. The van der Waals surface area contributed by atoms with Crippen molar-refractivity contribution in [3.8, 4) is 0 Å². The van der Waals surface area contributed by atoms with Gasteiger partial charge in [-0.15, -0.1) is 0 Å². The van der Waals surface area contributed by atoms with E-state index in [0.29, 0.717) is 5.92 Å². The second kappa shape index (κ2) is 2.67. The maximum atomic E-state index is 10.9. The average Bonchev–Trinajstić information content (AvgIpc) is 1.65. The van der Waals surface area contributed by atoms with Crippen LogP contribution in [0.2, 0.25) is 0 Å². The standard InChI is InChI=1S/C7H17NO/c1-6(2)7(3,4)8(5)9/h6,8H,1-5H3. The summed E-state index contributed by atoms with van der Waals surface area (Å²) in [6.07, 6.45) is 0. The van der Waals surface area contributed by atoms with Crippen LogP contribution in [0.25, 0.3) is 0 Å². The lowest BCUT2D eigenvalue weighted by Crippen LogP contribution is -3.13. The lowest BCUT2D eigenvalue weighted by Gasteiger charge is -2.38. The summed E-state index contributed by atoms with van der Waals surface area (Å²) in [4.78, 5) is 0. The van der Waals surface area contributed by atoms with Crippen molar-refractivity contribution in [3.63, 3.8) is 0 Å². The molecule has 0 spiro atoms. The fourth-order valence-electron chi connectivity index (χ4n) is 0.407. The summed E-state index contributed by atoms with van der Waals surface area (Å²) < 4.78 is 0. The summed E-state index contributed by atoms with van der Waals surface area (Å²) in [6.45, 7) is 8.11. The van der Waals surface area contributed by atoms with Crippen LogP contribution < -0.4 is 5.06 Å². The lowest BCUT2D eigenvalue weighted by atomic mass is 9.91. The summed E-state index contributed by atoms with van der Waals surface area (Å²) in [5.74, 6) is 0.440. The van der Waals surface area contributed by atoms with Crippen LogP contribution in [0.1, 0.15) is 27.7 Å². The Labute approximate surface area is 57.4 Å². The van der Waals surface area contributed by atoms with Crippen LogP contribution in [0.15, 0.2) is 0 Å². The Hall–Kier alpha value is -0.0800. The van der Waals surface area contributed by atoms with Crippen LogP contribution >= 0.6 is 0 Å². The molecule has 0 aliphatic rings. The third kappa shape index (κ3) is 1.95. The number of hydrogen-bond donors (Lipinski definition) is 1. The van der Waals surface area contributed by atoms with Gasteiger partial charge in [-0.1, -0.05) is 13.8 Å². The zero-order valence-corrected chi connectivity index (χ0v) is 6.99. The number of rotatable bonds is 2. The highest BCUT2D eigenvalue weighted by molar-refractivity contribution is 4.69. The van der Waals surface area contributed by atoms with Gasteiger partial charge < -0.3 is 10.3 Å². The molecule has 56 valence electrons. The van der Waals surface area contributed by atoms with Crippen molar-refractivity contribution >= 4 is 0 Å². The van der Waals surface area contributed by atoms with Crippen molar-refractivity contribution in [1.82, 2.24) is 0 Å². The molecule has 0 rings (SSSR count). The second-order valence-electron chi connectivity index (χ2n) is 3.43. The molecule has 0 aliphatic carbocycles. The molecule has 0 fully saturated rings. The van der Waals surface area contributed by atoms with E-state index in [-0.39, 0.29) is 10.6 Å². The SMILES string of the molecule is CC(C)C(C)(C)[NH+](C)[O-]. The molecule has 9 heavy (non-hydrogen) atoms. The molecule has 1 unspecified atom stereocenters. The topological polar surface area (TPSA) is 27.5 Å². The van der Waals surface area contributed by atoms with E-state index in [1.54, 1.807) is 7.05 Å². The van der Waals surface area contributed by atoms with Gasteiger partial charge in [-0.25, -0.2) is 0 Å². The maximum absolute atomic E-state index is 10.9. The third-order valence-electron chi connectivity index (χ3n) is 2.35. The van der Waals surface area contributed by atoms with Crippen LogP contribution in [0.3, 0.4) is 0 Å². The molecular formula is C7H17NO. The fraction of sp³-hybridized carbons (Fsp3) is 1.00. The molecule has 2 heteroatoms. The molecule has 0 amide bonds. The Morgan fingerprint density at radius 1 is 1.33 bits per heavy atom. The van der Waals surface area contributed by atoms with E-state index in [2.05, 4.69) is 13.8 Å². The van der Waals surface area contributed by atoms with Gasteiger partial charge >= 0.3 is 0 Å². The van der Waals surface area contributed by atoms with E-state index in [1.807, 2.05) is 13.8 Å². The maximum Gasteiger partial charge on any atom is 0.0938 e. The second-order valence-corrected chi connectivity index (χ2v) is 3.43. The third-order valence-corrected chi connectivity index (χ3v) is 2.35. The van der Waals surface area contributed by atoms with Gasteiger partial charge in [0.25, 0.3) is 0 Å². The first kappa shape index (κ1) is 8.92. The van der Waals surface area contributed by atoms with E-state index < -0.39 is 0 Å². The first-order valence-corrected chi connectivity index (χ1v) is 3.40. The van der Waals surface area contributed by atoms with Crippen molar-refractivity contribution in [1.29, 1.82) is 0 Å². The Morgan fingerprint density at radius 3 is 1.67 bits per heavy atom. The molecule has 0 aromatic heterocycles. The van der Waals surface area contributed by atoms with E-state index >= 15 is 0 Å². The summed E-state index contributed by atoms with van der Waals surface area (Å²) in [6, 6.07) is 0. The van der Waals surface area contributed by atoms with Crippen LogP contribution in [0.5, 0.6) is 0 Å². The monoisotopic (exact) mass is 131 g/mol. The molecule has 1 atom stereocenters. The van der Waals surface area contributed by atoms with Gasteiger partial charge in [0.1, 0.15) is 0 Å². The largest absolute Gasteiger partial charge is 0.634 e. The molecule has 0 aromatic rings. The van der Waals surface area contributed by atoms with E-state index in [4.69, 9.17) is 0 Å². The molecule has 0 aliphatic heterocycles. The minimum absolute atomic E-state index is 0.139. The molecule has 0 saturated carbocycles. The van der Waals surface area contributed by atoms with Gasteiger partial charge in [-0.3, -0.25) is 0 Å². The van der Waals surface area contributed by atoms with Crippen molar-refractivity contribution in [2.75, 3.05) is 7.05 Å². The van der Waals surface area contributed by atoms with Crippen molar-refractivity contribution in [2.45, 2.75) is 33.2 Å². The van der Waals surface area contributed by atoms with E-state index in [9.17, 15) is 5.21 Å². The molecular weight excluding hydrogens is 114 g/mol. The van der Waals surface area contributed by atoms with Crippen LogP contribution in [0.4, 0.5) is 0 Å². The van der Waals surface area contributed by atoms with E-state index in [0.717, 1.165) is 0 Å². The Balaban J connectivity index is 4.01. The zero-order valence-electron chi connectivity index (χ0n) is 6.99. The van der Waals surface area contributed by atoms with Gasteiger partial charge in [0.2, 0.25) is 0 Å². The first-order chi connectivity index (χ1) is 3.89. The normalized spacial score (nSPS) is 16.3. The highest BCUT2D eigenvalue weighted by atomic mass is 16.5. The highest BCUT2D eigenvalue weighted by Crippen LogP contribution is 2.09. The summed E-state index contributed by atoms with van der Waals surface area (Å²) in [7, 11) is 1.65. The van der Waals surface area contributed by atoms with Gasteiger partial charge in [0.05, 0.1) is 12.6 Å². The smallest absolute Gasteiger partial charge is 0.0938 e. The van der Waals surface area contributed by atoms with Crippen molar-refractivity contribution in [3.05, 3.63) is 5.21 Å². The van der Waals surface area contributed by atoms with Gasteiger partial charge in [-0.2, -0.15) is 0 Å². The zero-order chi connectivity index (χ0) is 7.65. The number of quaternary nitrogens is 1. The van der Waals surface area contributed by atoms with Gasteiger partial charge in [0, 0.05) is 5.92 Å². The number of nitrogens with one attached hydrogen (secondary N) is 1. The number of hydrogen-bond acceptors (Lipinski definition) is 1. The fourth-order valence-corrected chi connectivity index (χ4v) is 0.407. The Bertz CT molecular complexity index is 76.9. The summed E-state index contributed by atoms with van der Waals surface area (Å²) in [5, 5.41) is 11.2. The summed E-state index contributed by atoms with van der Waals surface area (Å²) >= 11 is 0. The Kier molecular flexibility index (Phi) is 2.65. The van der Waals surface area contributed by atoms with Crippen LogP contribution in [-0.2, 0) is 0 Å². The van der Waals surface area contributed by atoms with Crippen molar-refractivity contribution < 1.29 is 5.06 Å². The molecule has 0 aromatic carbocycles. The minimum atomic E-state index is -0.139. The average molecular weight is 131 g/mol. The predicted molar refractivity (Wildman–Crippen MR) is 39.2 cm³/mol. The first-order valence-electron chi connectivity index (χ1n) is 3.40. The molecule has 2 nitrogen and oxygen atoms in total. The molecule has 0 saturated heterocycles. The minimum Gasteiger partial charge on any atom is -0.634 e. The van der Waals surface area contributed by atoms with Crippen LogP contribution in [-0.4, -0.2) is 12.6 Å².